The van der Waals surface area contributed by atoms with E-state index in [0.29, 0.717) is 18.7 Å². The lowest BCUT2D eigenvalue weighted by atomic mass is 10.0. The number of pyridine rings is 1. The number of rotatable bonds is 4. The van der Waals surface area contributed by atoms with Gasteiger partial charge < -0.3 is 15.2 Å². The Kier molecular flexibility index (Phi) is 7.19. The third kappa shape index (κ3) is 6.07. The van der Waals surface area contributed by atoms with Crippen LogP contribution in [0.25, 0.3) is 0 Å². The number of alkyl halides is 3. The van der Waals surface area contributed by atoms with Crippen molar-refractivity contribution >= 4 is 11.7 Å². The van der Waals surface area contributed by atoms with Crippen LogP contribution in [0, 0.1) is 18.8 Å². The van der Waals surface area contributed by atoms with Gasteiger partial charge in [0, 0.05) is 57.1 Å². The maximum Gasteiger partial charge on any atom is 0.416 e. The van der Waals surface area contributed by atoms with Gasteiger partial charge in [0.2, 0.25) is 0 Å². The maximum atomic E-state index is 13.8. The van der Waals surface area contributed by atoms with Gasteiger partial charge in [-0.05, 0) is 42.7 Å². The zero-order chi connectivity index (χ0) is 25.0. The standard InChI is InChI=1S/C25H25F3N6O/c1-17-31-15-21(33(17)2)6-3-18-7-8-30-23(13-18)32-24(35)19-4-5-20(22(14-19)25(26,27)28)16-34-11-9-29-10-12-34/h4-5,7-8,13-15,29H,9-12,16H2,1-2H3,(H,30,32,35). The van der Waals surface area contributed by atoms with E-state index in [2.05, 4.69) is 32.4 Å². The van der Waals surface area contributed by atoms with Crippen LogP contribution in [-0.2, 0) is 19.8 Å². The normalized spacial score (nSPS) is 14.3. The van der Waals surface area contributed by atoms with E-state index in [1.807, 2.05) is 23.4 Å². The minimum Gasteiger partial charge on any atom is -0.325 e. The van der Waals surface area contributed by atoms with E-state index in [1.165, 1.54) is 18.3 Å². The van der Waals surface area contributed by atoms with E-state index >= 15 is 0 Å². The fourth-order valence-corrected chi connectivity index (χ4v) is 3.75. The summed E-state index contributed by atoms with van der Waals surface area (Å²) in [5, 5.41) is 5.75. The number of imidazole rings is 1. The summed E-state index contributed by atoms with van der Waals surface area (Å²) in [6.45, 7) is 4.86. The number of halogens is 3. The molecule has 10 heteroatoms. The van der Waals surface area contributed by atoms with Crippen LogP contribution in [0.3, 0.4) is 0 Å². The predicted molar refractivity (Wildman–Crippen MR) is 126 cm³/mol. The molecule has 0 saturated carbocycles. The summed E-state index contributed by atoms with van der Waals surface area (Å²) in [6.07, 6.45) is -1.43. The number of aromatic nitrogens is 3. The molecule has 0 bridgehead atoms. The molecule has 35 heavy (non-hydrogen) atoms. The van der Waals surface area contributed by atoms with Gasteiger partial charge >= 0.3 is 6.18 Å². The Morgan fingerprint density at radius 3 is 2.60 bits per heavy atom. The van der Waals surface area contributed by atoms with Crippen LogP contribution in [-0.4, -0.2) is 51.5 Å². The highest BCUT2D eigenvalue weighted by atomic mass is 19.4. The van der Waals surface area contributed by atoms with Crippen LogP contribution in [0.4, 0.5) is 19.0 Å². The smallest absolute Gasteiger partial charge is 0.325 e. The minimum absolute atomic E-state index is 0.0926. The summed E-state index contributed by atoms with van der Waals surface area (Å²) in [6, 6.07) is 6.94. The molecular formula is C25H25F3N6O. The maximum absolute atomic E-state index is 13.8. The first-order chi connectivity index (χ1) is 16.7. The molecule has 1 aromatic carbocycles. The summed E-state index contributed by atoms with van der Waals surface area (Å²) in [4.78, 5) is 23.0. The number of hydrogen-bond acceptors (Lipinski definition) is 5. The molecule has 1 aliphatic heterocycles. The van der Waals surface area contributed by atoms with Gasteiger partial charge in [-0.15, -0.1) is 0 Å². The van der Waals surface area contributed by atoms with Crippen molar-refractivity contribution in [1.82, 2.24) is 24.8 Å². The first-order valence-electron chi connectivity index (χ1n) is 11.1. The molecule has 0 radical (unpaired) electrons. The van der Waals surface area contributed by atoms with Crippen LogP contribution in [0.5, 0.6) is 0 Å². The lowest BCUT2D eigenvalue weighted by molar-refractivity contribution is -0.138. The fourth-order valence-electron chi connectivity index (χ4n) is 3.75. The molecule has 2 aromatic heterocycles. The van der Waals surface area contributed by atoms with Crippen molar-refractivity contribution in [3.63, 3.8) is 0 Å². The molecule has 3 heterocycles. The molecular weight excluding hydrogens is 457 g/mol. The van der Waals surface area contributed by atoms with E-state index in [9.17, 15) is 18.0 Å². The molecule has 1 saturated heterocycles. The first-order valence-corrected chi connectivity index (χ1v) is 11.1. The van der Waals surface area contributed by atoms with Crippen molar-refractivity contribution in [2.75, 3.05) is 31.5 Å². The van der Waals surface area contributed by atoms with Gasteiger partial charge in [-0.3, -0.25) is 9.69 Å². The van der Waals surface area contributed by atoms with Gasteiger partial charge in [0.15, 0.2) is 0 Å². The molecule has 0 spiro atoms. The number of benzene rings is 1. The number of piperazine rings is 1. The molecule has 0 atom stereocenters. The molecule has 0 unspecified atom stereocenters. The van der Waals surface area contributed by atoms with Crippen molar-refractivity contribution in [1.29, 1.82) is 0 Å². The zero-order valence-corrected chi connectivity index (χ0v) is 19.4. The van der Waals surface area contributed by atoms with Gasteiger partial charge in [-0.2, -0.15) is 13.2 Å². The number of nitrogens with one attached hydrogen (secondary N) is 2. The van der Waals surface area contributed by atoms with Crippen LogP contribution < -0.4 is 10.6 Å². The van der Waals surface area contributed by atoms with Crippen LogP contribution in [0.2, 0.25) is 0 Å². The lowest BCUT2D eigenvalue weighted by Gasteiger charge is -2.28. The van der Waals surface area contributed by atoms with Crippen molar-refractivity contribution < 1.29 is 18.0 Å². The number of nitrogens with zero attached hydrogens (tertiary/aromatic N) is 4. The Hall–Kier alpha value is -3.68. The predicted octanol–water partition coefficient (Wildman–Crippen LogP) is 3.20. The van der Waals surface area contributed by atoms with E-state index in [0.717, 1.165) is 30.7 Å². The Labute approximate surface area is 201 Å². The SMILES string of the molecule is Cc1ncc(C#Cc2ccnc(NC(=O)c3ccc(CN4CCNCC4)c(C(F)(F)F)c3)c2)n1C. The minimum atomic E-state index is -4.57. The average Bonchev–Trinajstić information content (AvgIpc) is 3.15. The Bertz CT molecular complexity index is 1280. The van der Waals surface area contributed by atoms with Crippen molar-refractivity contribution in [3.8, 4) is 11.8 Å². The second kappa shape index (κ2) is 10.3. The number of amides is 1. The van der Waals surface area contributed by atoms with Crippen molar-refractivity contribution in [2.45, 2.75) is 19.6 Å². The molecule has 2 N–H and O–H groups in total. The summed E-state index contributed by atoms with van der Waals surface area (Å²) >= 11 is 0. The van der Waals surface area contributed by atoms with Gasteiger partial charge in [-0.25, -0.2) is 9.97 Å². The number of aryl methyl sites for hydroxylation is 1. The van der Waals surface area contributed by atoms with E-state index in [4.69, 9.17) is 0 Å². The second-order valence-electron chi connectivity index (χ2n) is 8.28. The average molecular weight is 483 g/mol. The molecule has 0 aliphatic carbocycles. The lowest BCUT2D eigenvalue weighted by Crippen LogP contribution is -2.43. The molecule has 7 nitrogen and oxygen atoms in total. The summed E-state index contributed by atoms with van der Waals surface area (Å²) in [5.74, 6) is 6.33. The molecule has 182 valence electrons. The Morgan fingerprint density at radius 2 is 1.91 bits per heavy atom. The third-order valence-electron chi connectivity index (χ3n) is 5.84. The van der Waals surface area contributed by atoms with Crippen molar-refractivity contribution in [2.24, 2.45) is 7.05 Å². The summed E-state index contributed by atoms with van der Waals surface area (Å²) in [7, 11) is 1.86. The fraction of sp³-hybridized carbons (Fsp3) is 0.320. The summed E-state index contributed by atoms with van der Waals surface area (Å²) in [5.41, 5.74) is 0.575. The van der Waals surface area contributed by atoms with Gasteiger partial charge in [0.05, 0.1) is 11.8 Å². The topological polar surface area (TPSA) is 75.1 Å². The molecule has 3 aromatic rings. The Morgan fingerprint density at radius 1 is 1.14 bits per heavy atom. The number of hydrogen-bond donors (Lipinski definition) is 2. The number of carbonyl (C=O) groups is 1. The highest BCUT2D eigenvalue weighted by Crippen LogP contribution is 2.33. The second-order valence-corrected chi connectivity index (χ2v) is 8.28. The van der Waals surface area contributed by atoms with Gasteiger partial charge in [-0.1, -0.05) is 12.0 Å². The third-order valence-corrected chi connectivity index (χ3v) is 5.84. The first kappa shape index (κ1) is 24.4. The highest BCUT2D eigenvalue weighted by molar-refractivity contribution is 6.04. The number of anilines is 1. The van der Waals surface area contributed by atoms with E-state index in [-0.39, 0.29) is 23.5 Å². The van der Waals surface area contributed by atoms with Crippen LogP contribution in [0.1, 0.15) is 38.6 Å². The largest absolute Gasteiger partial charge is 0.416 e. The Balaban J connectivity index is 1.51. The van der Waals surface area contributed by atoms with Crippen LogP contribution in [0.15, 0.2) is 42.7 Å². The van der Waals surface area contributed by atoms with Crippen molar-refractivity contribution in [3.05, 3.63) is 76.5 Å². The molecule has 4 rings (SSSR count). The molecule has 1 fully saturated rings. The van der Waals surface area contributed by atoms with E-state index in [1.54, 1.807) is 18.3 Å². The van der Waals surface area contributed by atoms with Crippen LogP contribution >= 0.6 is 0 Å². The van der Waals surface area contributed by atoms with Gasteiger partial charge in [0.25, 0.3) is 5.91 Å². The quantitative estimate of drug-likeness (QED) is 0.559. The molecule has 1 amide bonds. The summed E-state index contributed by atoms with van der Waals surface area (Å²) < 4.78 is 43.2. The zero-order valence-electron chi connectivity index (χ0n) is 19.4. The monoisotopic (exact) mass is 482 g/mol. The van der Waals surface area contributed by atoms with E-state index < -0.39 is 17.6 Å². The highest BCUT2D eigenvalue weighted by Gasteiger charge is 2.34. The molecule has 1 aliphatic rings. The van der Waals surface area contributed by atoms with Gasteiger partial charge in [0.1, 0.15) is 17.3 Å². The number of carbonyl (C=O) groups excluding carboxylic acids is 1.